The molecule has 0 aromatic heterocycles. The van der Waals surface area contributed by atoms with Crippen LogP contribution in [-0.4, -0.2) is 11.8 Å². The summed E-state index contributed by atoms with van der Waals surface area (Å²) in [4.78, 5) is 9.00. The van der Waals surface area contributed by atoms with Crippen LogP contribution < -0.4 is 11.5 Å². The molecular formula is C5H14N2OS. The van der Waals surface area contributed by atoms with E-state index < -0.39 is 6.03 Å². The van der Waals surface area contributed by atoms with Crippen molar-refractivity contribution in [2.75, 3.05) is 5.75 Å². The summed E-state index contributed by atoms with van der Waals surface area (Å²) in [5.41, 5.74) is 8.50. The number of hydrogen-bond donors (Lipinski definition) is 3. The van der Waals surface area contributed by atoms with Crippen molar-refractivity contribution >= 4 is 18.7 Å². The first kappa shape index (κ1) is 11.4. The van der Waals surface area contributed by atoms with Gasteiger partial charge in [0.1, 0.15) is 0 Å². The number of carbonyl (C=O) groups excluding carboxylic acids is 1. The minimum Gasteiger partial charge on any atom is -0.352 e. The highest BCUT2D eigenvalue weighted by atomic mass is 32.1. The quantitative estimate of drug-likeness (QED) is 0.499. The van der Waals surface area contributed by atoms with Gasteiger partial charge in [-0.05, 0) is 12.2 Å². The summed E-state index contributed by atoms with van der Waals surface area (Å²) in [5, 5.41) is 0. The van der Waals surface area contributed by atoms with Crippen molar-refractivity contribution in [3.05, 3.63) is 0 Å². The lowest BCUT2D eigenvalue weighted by molar-refractivity contribution is 0.256. The zero-order chi connectivity index (χ0) is 7.70. The number of primary amides is 2. The molecule has 0 saturated carbocycles. The molecule has 0 atom stereocenters. The van der Waals surface area contributed by atoms with Crippen molar-refractivity contribution in [3.63, 3.8) is 0 Å². The fourth-order valence-electron chi connectivity index (χ4n) is 0.158. The first-order chi connectivity index (χ1) is 4.15. The van der Waals surface area contributed by atoms with Gasteiger partial charge >= 0.3 is 6.03 Å². The number of amides is 2. The summed E-state index contributed by atoms with van der Waals surface area (Å²) in [5.74, 6) is 1.04. The molecule has 0 aliphatic rings. The summed E-state index contributed by atoms with van der Waals surface area (Å²) in [6.07, 6.45) is 2.52. The van der Waals surface area contributed by atoms with Gasteiger partial charge in [0.15, 0.2) is 0 Å². The molecule has 9 heavy (non-hydrogen) atoms. The molecule has 0 aliphatic heterocycles. The average Bonchev–Trinajstić information content (AvgIpc) is 1.66. The van der Waals surface area contributed by atoms with E-state index in [2.05, 4.69) is 31.0 Å². The molecule has 3 nitrogen and oxygen atoms in total. The van der Waals surface area contributed by atoms with Gasteiger partial charge in [-0.1, -0.05) is 13.3 Å². The van der Waals surface area contributed by atoms with Gasteiger partial charge in [0.25, 0.3) is 0 Å². The van der Waals surface area contributed by atoms with E-state index >= 15 is 0 Å². The molecule has 0 heterocycles. The van der Waals surface area contributed by atoms with E-state index in [1.807, 2.05) is 0 Å². The summed E-state index contributed by atoms with van der Waals surface area (Å²) >= 11 is 4.00. The van der Waals surface area contributed by atoms with Crippen molar-refractivity contribution < 1.29 is 4.79 Å². The number of urea groups is 1. The lowest BCUT2D eigenvalue weighted by Gasteiger charge is -1.78. The Labute approximate surface area is 61.2 Å². The van der Waals surface area contributed by atoms with Gasteiger partial charge in [-0.2, -0.15) is 12.6 Å². The van der Waals surface area contributed by atoms with Gasteiger partial charge in [-0.15, -0.1) is 0 Å². The van der Waals surface area contributed by atoms with Crippen molar-refractivity contribution in [1.29, 1.82) is 0 Å². The summed E-state index contributed by atoms with van der Waals surface area (Å²) in [6, 6.07) is -0.833. The van der Waals surface area contributed by atoms with E-state index in [1.54, 1.807) is 0 Å². The van der Waals surface area contributed by atoms with Crippen LogP contribution in [0.15, 0.2) is 0 Å². The first-order valence-electron chi connectivity index (χ1n) is 2.80. The normalized spacial score (nSPS) is 7.33. The molecule has 0 unspecified atom stereocenters. The van der Waals surface area contributed by atoms with Crippen LogP contribution in [0.25, 0.3) is 0 Å². The van der Waals surface area contributed by atoms with E-state index in [4.69, 9.17) is 4.79 Å². The fraction of sp³-hybridized carbons (Fsp3) is 0.800. The maximum atomic E-state index is 9.00. The topological polar surface area (TPSA) is 69.1 Å². The Kier molecular flexibility index (Phi) is 13.4. The zero-order valence-corrected chi connectivity index (χ0v) is 6.53. The third-order valence-corrected chi connectivity index (χ3v) is 0.828. The maximum absolute atomic E-state index is 9.00. The lowest BCUT2D eigenvalue weighted by atomic mass is 10.4. The summed E-state index contributed by atoms with van der Waals surface area (Å²) < 4.78 is 0. The second kappa shape index (κ2) is 10.6. The molecule has 0 aromatic carbocycles. The van der Waals surface area contributed by atoms with E-state index in [-0.39, 0.29) is 0 Å². The van der Waals surface area contributed by atoms with E-state index in [1.165, 1.54) is 12.8 Å². The number of nitrogens with two attached hydrogens (primary N) is 2. The van der Waals surface area contributed by atoms with Gasteiger partial charge in [0.05, 0.1) is 0 Å². The number of hydrogen-bond acceptors (Lipinski definition) is 2. The average molecular weight is 150 g/mol. The Balaban J connectivity index is 0. The molecule has 0 rings (SSSR count). The van der Waals surface area contributed by atoms with Crippen LogP contribution in [0.2, 0.25) is 0 Å². The molecule has 4 heteroatoms. The summed E-state index contributed by atoms with van der Waals surface area (Å²) in [7, 11) is 0. The Hall–Kier alpha value is -0.380. The molecule has 0 spiro atoms. The zero-order valence-electron chi connectivity index (χ0n) is 5.63. The van der Waals surface area contributed by atoms with Crippen LogP contribution in [0.5, 0.6) is 0 Å². The van der Waals surface area contributed by atoms with Crippen LogP contribution in [0.3, 0.4) is 0 Å². The van der Waals surface area contributed by atoms with Crippen LogP contribution in [0.1, 0.15) is 19.8 Å². The van der Waals surface area contributed by atoms with Crippen LogP contribution >= 0.6 is 12.6 Å². The Morgan fingerprint density at radius 3 is 1.89 bits per heavy atom. The largest absolute Gasteiger partial charge is 0.352 e. The molecule has 0 saturated heterocycles. The first-order valence-corrected chi connectivity index (χ1v) is 3.44. The molecule has 0 aliphatic carbocycles. The third-order valence-electron chi connectivity index (χ3n) is 0.512. The predicted octanol–water partition coefficient (Wildman–Crippen LogP) is 0.740. The highest BCUT2D eigenvalue weighted by Crippen LogP contribution is 1.85. The van der Waals surface area contributed by atoms with Crippen molar-refractivity contribution in [3.8, 4) is 0 Å². The van der Waals surface area contributed by atoms with E-state index in [0.717, 1.165) is 5.75 Å². The van der Waals surface area contributed by atoms with Crippen molar-refractivity contribution in [1.82, 2.24) is 0 Å². The number of thiol groups is 1. The monoisotopic (exact) mass is 150 g/mol. The van der Waals surface area contributed by atoms with Crippen molar-refractivity contribution in [2.24, 2.45) is 11.5 Å². The minimum absolute atomic E-state index is 0.833. The lowest BCUT2D eigenvalue weighted by Crippen LogP contribution is -2.18. The van der Waals surface area contributed by atoms with E-state index in [0.29, 0.717) is 0 Å². The maximum Gasteiger partial charge on any atom is 0.309 e. The third kappa shape index (κ3) is 91.7. The van der Waals surface area contributed by atoms with Gasteiger partial charge in [-0.25, -0.2) is 4.79 Å². The molecular weight excluding hydrogens is 136 g/mol. The van der Waals surface area contributed by atoms with Gasteiger partial charge < -0.3 is 11.5 Å². The highest BCUT2D eigenvalue weighted by Gasteiger charge is 1.68. The SMILES string of the molecule is CCCCS.NC(N)=O. The minimum atomic E-state index is -0.833. The van der Waals surface area contributed by atoms with Gasteiger partial charge in [0.2, 0.25) is 0 Å². The van der Waals surface area contributed by atoms with E-state index in [9.17, 15) is 0 Å². The number of rotatable bonds is 2. The Morgan fingerprint density at radius 2 is 1.89 bits per heavy atom. The molecule has 56 valence electrons. The molecule has 4 N–H and O–H groups in total. The van der Waals surface area contributed by atoms with Gasteiger partial charge in [-0.3, -0.25) is 0 Å². The van der Waals surface area contributed by atoms with Crippen LogP contribution in [0.4, 0.5) is 4.79 Å². The number of carbonyl (C=O) groups is 1. The molecule has 0 fully saturated rings. The smallest absolute Gasteiger partial charge is 0.309 e. The standard InChI is InChI=1S/C4H10S.CH4N2O/c1-2-3-4-5;2-1(3)4/h5H,2-4H2,1H3;(H4,2,3,4). The molecule has 2 amide bonds. The Bertz CT molecular complexity index is 62.0. The second-order valence-corrected chi connectivity index (χ2v) is 1.93. The van der Waals surface area contributed by atoms with Crippen molar-refractivity contribution in [2.45, 2.75) is 19.8 Å². The van der Waals surface area contributed by atoms with Gasteiger partial charge in [0, 0.05) is 0 Å². The Morgan fingerprint density at radius 1 is 1.56 bits per heavy atom. The summed E-state index contributed by atoms with van der Waals surface area (Å²) in [6.45, 7) is 2.16. The molecule has 0 radical (unpaired) electrons. The molecule has 0 aromatic rings. The molecule has 0 bridgehead atoms. The number of unbranched alkanes of at least 4 members (excludes halogenated alkanes) is 1. The van der Waals surface area contributed by atoms with Crippen LogP contribution in [-0.2, 0) is 0 Å². The fourth-order valence-corrected chi connectivity index (χ4v) is 0.474. The predicted molar refractivity (Wildman–Crippen MR) is 42.5 cm³/mol. The van der Waals surface area contributed by atoms with Crippen LogP contribution in [0, 0.1) is 0 Å². The second-order valence-electron chi connectivity index (χ2n) is 1.48. The highest BCUT2D eigenvalue weighted by molar-refractivity contribution is 7.80.